The second-order valence-corrected chi connectivity index (χ2v) is 9.50. The molecular formula is C21H25N5O2S. The lowest BCUT2D eigenvalue weighted by Gasteiger charge is -2.32. The summed E-state index contributed by atoms with van der Waals surface area (Å²) in [6.07, 6.45) is 8.02. The summed E-state index contributed by atoms with van der Waals surface area (Å²) in [4.78, 5) is 34.8. The number of carbonyl (C=O) groups excluding carboxylic acids is 1. The fourth-order valence-corrected chi connectivity index (χ4v) is 6.03. The average Bonchev–Trinajstić information content (AvgIpc) is 3.31. The van der Waals surface area contributed by atoms with Gasteiger partial charge in [-0.2, -0.15) is 5.10 Å². The van der Waals surface area contributed by atoms with Gasteiger partial charge in [-0.1, -0.05) is 6.92 Å². The molecule has 1 aliphatic carbocycles. The van der Waals surface area contributed by atoms with Crippen molar-refractivity contribution in [2.75, 3.05) is 13.1 Å². The molecule has 1 atom stereocenters. The third kappa shape index (κ3) is 3.10. The van der Waals surface area contributed by atoms with Gasteiger partial charge in [-0.15, -0.1) is 11.3 Å². The van der Waals surface area contributed by atoms with Crippen LogP contribution in [0, 0.1) is 12.8 Å². The number of fused-ring (bicyclic) bond motifs is 3. The average molecular weight is 412 g/mol. The molecule has 2 aliphatic rings. The Hall–Kier alpha value is -2.48. The van der Waals surface area contributed by atoms with E-state index in [1.54, 1.807) is 23.9 Å². The molecule has 7 nitrogen and oxygen atoms in total. The number of carbonyl (C=O) groups is 1. The van der Waals surface area contributed by atoms with Crippen molar-refractivity contribution in [2.45, 2.75) is 52.0 Å². The fraction of sp³-hybridized carbons (Fsp3) is 0.524. The maximum Gasteiger partial charge on any atom is 0.262 e. The van der Waals surface area contributed by atoms with Gasteiger partial charge in [0.05, 0.1) is 23.5 Å². The third-order valence-corrected chi connectivity index (χ3v) is 7.61. The van der Waals surface area contributed by atoms with E-state index in [0.717, 1.165) is 48.0 Å². The molecule has 1 fully saturated rings. The van der Waals surface area contributed by atoms with Crippen LogP contribution in [0.1, 0.15) is 58.7 Å². The number of aromatic amines is 1. The predicted molar refractivity (Wildman–Crippen MR) is 113 cm³/mol. The number of hydrogen-bond donors (Lipinski definition) is 1. The van der Waals surface area contributed by atoms with Crippen molar-refractivity contribution in [1.29, 1.82) is 0 Å². The Morgan fingerprint density at radius 1 is 1.28 bits per heavy atom. The zero-order valence-electron chi connectivity index (χ0n) is 16.8. The Labute approximate surface area is 172 Å². The largest absolute Gasteiger partial charge is 0.338 e. The Morgan fingerprint density at radius 3 is 2.79 bits per heavy atom. The standard InChI is InChI=1S/C21H25N5O2S/c1-12-3-4-15-17(9-12)29-19-18(15)21(28)26(11-22-19)14-5-7-25(8-6-14)20(27)16-10-23-24-13(16)2/h10-12,14H,3-9H2,1-2H3,(H,23,24). The van der Waals surface area contributed by atoms with Crippen LogP contribution in [0.5, 0.6) is 0 Å². The molecule has 1 amide bonds. The lowest BCUT2D eigenvalue weighted by molar-refractivity contribution is 0.0692. The molecule has 1 saturated heterocycles. The molecule has 8 heteroatoms. The van der Waals surface area contributed by atoms with Gasteiger partial charge < -0.3 is 4.90 Å². The van der Waals surface area contributed by atoms with Gasteiger partial charge in [-0.3, -0.25) is 19.3 Å². The number of rotatable bonds is 2. The minimum Gasteiger partial charge on any atom is -0.338 e. The summed E-state index contributed by atoms with van der Waals surface area (Å²) in [7, 11) is 0. The van der Waals surface area contributed by atoms with Gasteiger partial charge >= 0.3 is 0 Å². The van der Waals surface area contributed by atoms with Crippen LogP contribution < -0.4 is 5.56 Å². The van der Waals surface area contributed by atoms with E-state index in [1.165, 1.54) is 10.4 Å². The highest BCUT2D eigenvalue weighted by Gasteiger charge is 2.28. The van der Waals surface area contributed by atoms with Gasteiger partial charge in [0, 0.05) is 29.7 Å². The maximum atomic E-state index is 13.3. The molecule has 1 aliphatic heterocycles. The molecule has 0 radical (unpaired) electrons. The van der Waals surface area contributed by atoms with E-state index in [9.17, 15) is 9.59 Å². The van der Waals surface area contributed by atoms with Crippen LogP contribution in [0.15, 0.2) is 17.3 Å². The van der Waals surface area contributed by atoms with Crippen LogP contribution >= 0.6 is 11.3 Å². The van der Waals surface area contributed by atoms with Crippen molar-refractivity contribution >= 4 is 27.5 Å². The SMILES string of the molecule is Cc1[nH]ncc1C(=O)N1CCC(n2cnc3sc4c(c3c2=O)CCC(C)C4)CC1. The van der Waals surface area contributed by atoms with E-state index >= 15 is 0 Å². The molecule has 0 spiro atoms. The Balaban J connectivity index is 1.38. The molecule has 3 aromatic rings. The highest BCUT2D eigenvalue weighted by molar-refractivity contribution is 7.18. The molecule has 4 heterocycles. The molecule has 1 unspecified atom stereocenters. The van der Waals surface area contributed by atoms with Gasteiger partial charge in [-0.25, -0.2) is 4.98 Å². The minimum absolute atomic E-state index is 0.0108. The number of thiophene rings is 1. The first kappa shape index (κ1) is 18.5. The van der Waals surface area contributed by atoms with Crippen molar-refractivity contribution in [3.05, 3.63) is 44.6 Å². The van der Waals surface area contributed by atoms with Crippen molar-refractivity contribution in [3.63, 3.8) is 0 Å². The Kier molecular flexibility index (Phi) is 4.53. The number of amides is 1. The normalized spacial score (nSPS) is 20.2. The molecule has 0 saturated carbocycles. The Bertz CT molecular complexity index is 1140. The van der Waals surface area contributed by atoms with Crippen LogP contribution in [0.3, 0.4) is 0 Å². The molecule has 0 bridgehead atoms. The van der Waals surface area contributed by atoms with Gasteiger partial charge in [0.2, 0.25) is 0 Å². The van der Waals surface area contributed by atoms with Gasteiger partial charge in [-0.05, 0) is 50.5 Å². The van der Waals surface area contributed by atoms with Crippen LogP contribution in [0.4, 0.5) is 0 Å². The summed E-state index contributed by atoms with van der Waals surface area (Å²) in [5.74, 6) is 0.690. The summed E-state index contributed by atoms with van der Waals surface area (Å²) < 4.78 is 1.82. The van der Waals surface area contributed by atoms with E-state index in [4.69, 9.17) is 0 Å². The number of aryl methyl sites for hydroxylation is 2. The lowest BCUT2D eigenvalue weighted by Crippen LogP contribution is -2.41. The van der Waals surface area contributed by atoms with Crippen LogP contribution in [-0.2, 0) is 12.8 Å². The van der Waals surface area contributed by atoms with Crippen LogP contribution in [-0.4, -0.2) is 43.6 Å². The van der Waals surface area contributed by atoms with Crippen molar-refractivity contribution in [1.82, 2.24) is 24.6 Å². The summed E-state index contributed by atoms with van der Waals surface area (Å²) >= 11 is 1.69. The van der Waals surface area contributed by atoms with E-state index in [-0.39, 0.29) is 17.5 Å². The number of H-pyrrole nitrogens is 1. The summed E-state index contributed by atoms with van der Waals surface area (Å²) in [5, 5.41) is 7.61. The first-order valence-electron chi connectivity index (χ1n) is 10.3. The molecule has 29 heavy (non-hydrogen) atoms. The molecule has 0 aromatic carbocycles. The lowest BCUT2D eigenvalue weighted by atomic mass is 9.89. The number of likely N-dealkylation sites (tertiary alicyclic amines) is 1. The summed E-state index contributed by atoms with van der Waals surface area (Å²) in [6, 6.07) is 0.0898. The van der Waals surface area contributed by atoms with E-state index in [2.05, 4.69) is 22.1 Å². The molecular weight excluding hydrogens is 386 g/mol. The smallest absolute Gasteiger partial charge is 0.262 e. The van der Waals surface area contributed by atoms with Gasteiger partial charge in [0.15, 0.2) is 0 Å². The predicted octanol–water partition coefficient (Wildman–Crippen LogP) is 3.09. The summed E-state index contributed by atoms with van der Waals surface area (Å²) in [5.41, 5.74) is 2.75. The Morgan fingerprint density at radius 2 is 2.07 bits per heavy atom. The number of piperidine rings is 1. The zero-order valence-corrected chi connectivity index (χ0v) is 17.6. The molecule has 1 N–H and O–H groups in total. The van der Waals surface area contributed by atoms with Crippen LogP contribution in [0.2, 0.25) is 0 Å². The van der Waals surface area contributed by atoms with Crippen LogP contribution in [0.25, 0.3) is 10.2 Å². The topological polar surface area (TPSA) is 83.9 Å². The van der Waals surface area contributed by atoms with E-state index in [1.807, 2.05) is 16.4 Å². The molecule has 3 aromatic heterocycles. The molecule has 152 valence electrons. The number of aromatic nitrogens is 4. The van der Waals surface area contributed by atoms with Crippen molar-refractivity contribution in [2.24, 2.45) is 5.92 Å². The van der Waals surface area contributed by atoms with Gasteiger partial charge in [0.1, 0.15) is 4.83 Å². The first-order chi connectivity index (χ1) is 14.0. The highest BCUT2D eigenvalue weighted by atomic mass is 32.1. The minimum atomic E-state index is 0.0108. The maximum absolute atomic E-state index is 13.3. The number of nitrogens with one attached hydrogen (secondary N) is 1. The summed E-state index contributed by atoms with van der Waals surface area (Å²) in [6.45, 7) is 5.41. The highest BCUT2D eigenvalue weighted by Crippen LogP contribution is 2.36. The van der Waals surface area contributed by atoms with Gasteiger partial charge in [0.25, 0.3) is 11.5 Å². The van der Waals surface area contributed by atoms with Crippen molar-refractivity contribution < 1.29 is 4.79 Å². The van der Waals surface area contributed by atoms with E-state index in [0.29, 0.717) is 24.6 Å². The second kappa shape index (κ2) is 7.09. The fourth-order valence-electron chi connectivity index (χ4n) is 4.69. The number of hydrogen-bond acceptors (Lipinski definition) is 5. The second-order valence-electron chi connectivity index (χ2n) is 8.42. The van der Waals surface area contributed by atoms with Crippen molar-refractivity contribution in [3.8, 4) is 0 Å². The van der Waals surface area contributed by atoms with E-state index < -0.39 is 0 Å². The molecule has 5 rings (SSSR count). The zero-order chi connectivity index (χ0) is 20.1. The first-order valence-corrected chi connectivity index (χ1v) is 11.1. The number of nitrogens with zero attached hydrogens (tertiary/aromatic N) is 4. The quantitative estimate of drug-likeness (QED) is 0.702. The monoisotopic (exact) mass is 411 g/mol. The third-order valence-electron chi connectivity index (χ3n) is 6.45.